The van der Waals surface area contributed by atoms with Gasteiger partial charge in [-0.25, -0.2) is 0 Å². The molecule has 1 aliphatic heterocycles. The number of para-hydroxylation sites is 1. The van der Waals surface area contributed by atoms with Crippen LogP contribution < -0.4 is 5.73 Å². The topological polar surface area (TPSA) is 65.4 Å². The van der Waals surface area contributed by atoms with Crippen LogP contribution in [0.15, 0.2) is 30.5 Å². The summed E-state index contributed by atoms with van der Waals surface area (Å²) in [6, 6.07) is 8.52. The summed E-state index contributed by atoms with van der Waals surface area (Å²) in [5.74, 6) is 0.0493. The molecule has 3 rings (SSSR count). The number of nitrogens with two attached hydrogens (primary N) is 1. The maximum Gasteiger partial charge on any atom is 0.239 e. The van der Waals surface area contributed by atoms with Crippen LogP contribution in [-0.4, -0.2) is 59.0 Å². The van der Waals surface area contributed by atoms with Crippen molar-refractivity contribution in [1.82, 2.24) is 14.8 Å². The third-order valence-corrected chi connectivity index (χ3v) is 5.56. The van der Waals surface area contributed by atoms with E-state index in [1.165, 1.54) is 0 Å². The fourth-order valence-electron chi connectivity index (χ4n) is 3.86. The van der Waals surface area contributed by atoms with Crippen molar-refractivity contribution in [3.63, 3.8) is 0 Å². The van der Waals surface area contributed by atoms with Crippen LogP contribution in [0.2, 0.25) is 0 Å². The first-order valence-electron chi connectivity index (χ1n) is 9.28. The van der Waals surface area contributed by atoms with Crippen molar-refractivity contribution in [3.8, 4) is 0 Å². The van der Waals surface area contributed by atoms with Crippen molar-refractivity contribution in [3.05, 3.63) is 36.0 Å². The minimum atomic E-state index is -0.493. The number of halogens is 2. The summed E-state index contributed by atoms with van der Waals surface area (Å²) in [6.45, 7) is 6.56. The fraction of sp³-hybridized carbons (Fsp3) is 0.550. The molecule has 2 aromatic rings. The van der Waals surface area contributed by atoms with E-state index in [4.69, 9.17) is 5.73 Å². The van der Waals surface area contributed by atoms with Gasteiger partial charge in [-0.15, -0.1) is 24.8 Å². The number of aromatic amines is 1. The second-order valence-electron chi connectivity index (χ2n) is 7.48. The van der Waals surface area contributed by atoms with Gasteiger partial charge in [-0.1, -0.05) is 18.2 Å². The zero-order chi connectivity index (χ0) is 18.0. The van der Waals surface area contributed by atoms with Gasteiger partial charge in [-0.2, -0.15) is 0 Å². The molecule has 0 aliphatic carbocycles. The molecule has 2 heterocycles. The Kier molecular flexibility index (Phi) is 9.09. The van der Waals surface area contributed by atoms with Gasteiger partial charge in [0, 0.05) is 49.3 Å². The summed E-state index contributed by atoms with van der Waals surface area (Å²) >= 11 is 0. The predicted molar refractivity (Wildman–Crippen MR) is 117 cm³/mol. The number of likely N-dealkylation sites (N-methyl/N-ethyl adjacent to an activating group) is 1. The number of H-pyrrole nitrogens is 1. The molecule has 0 radical (unpaired) electrons. The van der Waals surface area contributed by atoms with Gasteiger partial charge in [0.05, 0.1) is 6.04 Å². The van der Waals surface area contributed by atoms with Gasteiger partial charge in [0.25, 0.3) is 0 Å². The number of fused-ring (bicyclic) bond motifs is 1. The maximum absolute atomic E-state index is 12.8. The van der Waals surface area contributed by atoms with Crippen molar-refractivity contribution in [2.45, 2.75) is 51.2 Å². The van der Waals surface area contributed by atoms with Gasteiger partial charge in [-0.05, 0) is 44.7 Å². The van der Waals surface area contributed by atoms with E-state index in [1.807, 2.05) is 36.3 Å². The van der Waals surface area contributed by atoms with Gasteiger partial charge >= 0.3 is 0 Å². The summed E-state index contributed by atoms with van der Waals surface area (Å²) in [4.78, 5) is 20.4. The van der Waals surface area contributed by atoms with Crippen molar-refractivity contribution in [2.24, 2.45) is 5.73 Å². The molecule has 1 atom stereocenters. The first-order chi connectivity index (χ1) is 12.0. The average molecular weight is 415 g/mol. The zero-order valence-electron chi connectivity index (χ0n) is 16.4. The molecule has 1 fully saturated rings. The molecule has 1 aliphatic rings. The molecule has 152 valence electrons. The van der Waals surface area contributed by atoms with Gasteiger partial charge in [0.2, 0.25) is 5.91 Å². The van der Waals surface area contributed by atoms with Crippen LogP contribution in [-0.2, 0) is 11.2 Å². The van der Waals surface area contributed by atoms with E-state index < -0.39 is 6.04 Å². The highest BCUT2D eigenvalue weighted by atomic mass is 35.5. The molecule has 1 saturated heterocycles. The maximum atomic E-state index is 12.8. The number of piperidine rings is 1. The lowest BCUT2D eigenvalue weighted by Gasteiger charge is -2.39. The number of rotatable bonds is 5. The fourth-order valence-corrected chi connectivity index (χ4v) is 3.86. The molecular formula is C20H32Cl2N4O. The van der Waals surface area contributed by atoms with Crippen LogP contribution in [0, 0.1) is 0 Å². The van der Waals surface area contributed by atoms with E-state index >= 15 is 0 Å². The number of likely N-dealkylation sites (tertiary alicyclic amines) is 1. The quantitative estimate of drug-likeness (QED) is 0.788. The van der Waals surface area contributed by atoms with E-state index in [1.54, 1.807) is 0 Å². The zero-order valence-corrected chi connectivity index (χ0v) is 18.0. The number of carbonyl (C=O) groups is 1. The molecule has 0 spiro atoms. The number of benzene rings is 1. The number of nitrogens with one attached hydrogen (secondary N) is 1. The van der Waals surface area contributed by atoms with Crippen molar-refractivity contribution in [2.75, 3.05) is 20.1 Å². The molecule has 1 aromatic heterocycles. The number of hydrogen-bond donors (Lipinski definition) is 2. The molecule has 0 bridgehead atoms. The largest absolute Gasteiger partial charge is 0.361 e. The van der Waals surface area contributed by atoms with E-state index in [0.29, 0.717) is 18.5 Å². The number of nitrogens with zero attached hydrogens (tertiary/aromatic N) is 2. The second-order valence-corrected chi connectivity index (χ2v) is 7.48. The smallest absolute Gasteiger partial charge is 0.239 e. The lowest BCUT2D eigenvalue weighted by molar-refractivity contribution is -0.134. The first kappa shape index (κ1) is 23.8. The minimum Gasteiger partial charge on any atom is -0.361 e. The number of aromatic nitrogens is 1. The third-order valence-electron chi connectivity index (χ3n) is 5.56. The predicted octanol–water partition coefficient (Wildman–Crippen LogP) is 3.21. The van der Waals surface area contributed by atoms with E-state index in [-0.39, 0.29) is 30.7 Å². The van der Waals surface area contributed by atoms with Crippen LogP contribution in [0.25, 0.3) is 10.9 Å². The Labute approximate surface area is 174 Å². The highest BCUT2D eigenvalue weighted by Gasteiger charge is 2.29. The van der Waals surface area contributed by atoms with E-state index in [2.05, 4.69) is 29.8 Å². The second kappa shape index (κ2) is 10.3. The molecule has 0 unspecified atom stereocenters. The van der Waals surface area contributed by atoms with Crippen molar-refractivity contribution < 1.29 is 4.79 Å². The Morgan fingerprint density at radius 2 is 1.89 bits per heavy atom. The summed E-state index contributed by atoms with van der Waals surface area (Å²) < 4.78 is 0. The number of carbonyl (C=O) groups excluding carboxylic acids is 1. The lowest BCUT2D eigenvalue weighted by Crippen LogP contribution is -2.51. The average Bonchev–Trinajstić information content (AvgIpc) is 3.03. The van der Waals surface area contributed by atoms with Gasteiger partial charge in [0.1, 0.15) is 0 Å². The third kappa shape index (κ3) is 5.38. The molecule has 1 amide bonds. The molecule has 1 aromatic carbocycles. The van der Waals surface area contributed by atoms with Crippen LogP contribution in [0.5, 0.6) is 0 Å². The SMILES string of the molecule is CC(C)N1CCC(N(C)C(=O)[C@@H](N)Cc2c[nH]c3ccccc23)CC1.Cl.Cl. The summed E-state index contributed by atoms with van der Waals surface area (Å²) in [5.41, 5.74) is 8.47. The van der Waals surface area contributed by atoms with Gasteiger partial charge in [0.15, 0.2) is 0 Å². The summed E-state index contributed by atoms with van der Waals surface area (Å²) in [6.07, 6.45) is 4.59. The Morgan fingerprint density at radius 1 is 1.26 bits per heavy atom. The molecule has 5 nitrogen and oxygen atoms in total. The highest BCUT2D eigenvalue weighted by molar-refractivity contribution is 5.86. The van der Waals surface area contributed by atoms with Crippen LogP contribution in [0.1, 0.15) is 32.3 Å². The van der Waals surface area contributed by atoms with Crippen LogP contribution in [0.3, 0.4) is 0 Å². The monoisotopic (exact) mass is 414 g/mol. The minimum absolute atomic E-state index is 0. The summed E-state index contributed by atoms with van der Waals surface area (Å²) in [7, 11) is 1.91. The molecule has 3 N–H and O–H groups in total. The van der Waals surface area contributed by atoms with Crippen LogP contribution >= 0.6 is 24.8 Å². The van der Waals surface area contributed by atoms with Gasteiger partial charge < -0.3 is 20.5 Å². The van der Waals surface area contributed by atoms with Crippen molar-refractivity contribution in [1.29, 1.82) is 0 Å². The molecule has 7 heteroatoms. The van der Waals surface area contributed by atoms with Crippen LogP contribution in [0.4, 0.5) is 0 Å². The van der Waals surface area contributed by atoms with E-state index in [9.17, 15) is 4.79 Å². The standard InChI is InChI=1S/C20H30N4O.2ClH/c1-14(2)24-10-8-16(9-11-24)23(3)20(25)18(21)12-15-13-22-19-7-5-4-6-17(15)19;;/h4-7,13-14,16,18,22H,8-12,21H2,1-3H3;2*1H/t18-;;/m0../s1. The van der Waals surface area contributed by atoms with Gasteiger partial charge in [-0.3, -0.25) is 4.79 Å². The summed E-state index contributed by atoms with van der Waals surface area (Å²) in [5, 5.41) is 1.15. The Bertz CT molecular complexity index is 726. The number of amides is 1. The normalized spacial score (nSPS) is 16.6. The Morgan fingerprint density at radius 3 is 2.52 bits per heavy atom. The lowest BCUT2D eigenvalue weighted by atomic mass is 10.00. The number of hydrogen-bond acceptors (Lipinski definition) is 3. The molecule has 27 heavy (non-hydrogen) atoms. The Hall–Kier alpha value is -1.27. The highest BCUT2D eigenvalue weighted by Crippen LogP contribution is 2.21. The van der Waals surface area contributed by atoms with Crippen molar-refractivity contribution >= 4 is 41.6 Å². The first-order valence-corrected chi connectivity index (χ1v) is 9.28. The van der Waals surface area contributed by atoms with E-state index in [0.717, 1.165) is 42.4 Å². The molecule has 0 saturated carbocycles. The Balaban J connectivity index is 0.00000182. The molecular weight excluding hydrogens is 383 g/mol.